The molecule has 0 unspecified atom stereocenters. The average molecular weight is 977 g/mol. The molecule has 0 aliphatic rings. The molecule has 0 fully saturated rings. The van der Waals surface area contributed by atoms with E-state index in [9.17, 15) is 0 Å². The first-order chi connectivity index (χ1) is 37.2. The van der Waals surface area contributed by atoms with Crippen molar-refractivity contribution < 1.29 is 0 Å². The summed E-state index contributed by atoms with van der Waals surface area (Å²) in [5.41, 5.74) is 12.9. The fourth-order valence-electron chi connectivity index (χ4n) is 11.2. The van der Waals surface area contributed by atoms with E-state index in [0.717, 1.165) is 72.4 Å². The summed E-state index contributed by atoms with van der Waals surface area (Å²) in [6, 6.07) is 105. The van der Waals surface area contributed by atoms with Gasteiger partial charge in [0.2, 0.25) is 0 Å². The van der Waals surface area contributed by atoms with E-state index in [1.165, 1.54) is 41.4 Å². The van der Waals surface area contributed by atoms with E-state index in [1.54, 1.807) is 0 Å². The predicted molar refractivity (Wildman–Crippen MR) is 312 cm³/mol. The second-order valence-corrected chi connectivity index (χ2v) is 22.1. The Morgan fingerprint density at radius 2 is 0.653 bits per heavy atom. The van der Waals surface area contributed by atoms with E-state index < -0.39 is 10.0 Å². The Bertz CT molecular complexity index is 4170. The molecular weight excluding hydrogens is 929 g/mol. The molecular formula is C70H48N4S. The molecule has 0 aliphatic heterocycles. The number of hydrogen-bond acceptors (Lipinski definition) is 2. The first-order valence-corrected chi connectivity index (χ1v) is 27.1. The minimum Gasteiger partial charge on any atom is -0.309 e. The maximum atomic E-state index is 5.61. The standard InChI is InChI=1S/C70H48N4S/c1-6-22-49(23-7-1)52-44-53(50-24-8-2-9-25-50)46-54(45-52)64-48-69(74-67-37-21-18-34-62(67)63-47-55(40-43-68(63)74)73-65-35-19-16-32-60(65)61-33-17-20-36-66(61)73)72-70(71-64)51-38-41-59(42-39-51)75(56-26-10-3-11-27-56,57-28-12-4-13-29-57)58-30-14-5-15-31-58/h1-48H. The topological polar surface area (TPSA) is 35.6 Å². The molecule has 14 aromatic rings. The Morgan fingerprint density at radius 1 is 0.253 bits per heavy atom. The normalized spacial score (nSPS) is 11.9. The lowest BCUT2D eigenvalue weighted by Crippen LogP contribution is -2.05. The van der Waals surface area contributed by atoms with Crippen LogP contribution in [-0.4, -0.2) is 19.1 Å². The van der Waals surface area contributed by atoms with E-state index in [0.29, 0.717) is 5.82 Å². The van der Waals surface area contributed by atoms with Gasteiger partial charge in [0.25, 0.3) is 0 Å². The van der Waals surface area contributed by atoms with Gasteiger partial charge < -0.3 is 4.57 Å². The van der Waals surface area contributed by atoms with Crippen molar-refractivity contribution in [3.8, 4) is 56.4 Å². The van der Waals surface area contributed by atoms with E-state index in [2.05, 4.69) is 300 Å². The quantitative estimate of drug-likeness (QED) is 0.137. The molecule has 5 heteroatoms. The van der Waals surface area contributed by atoms with Crippen LogP contribution in [0.2, 0.25) is 0 Å². The summed E-state index contributed by atoms with van der Waals surface area (Å²) in [7, 11) is -1.91. The number of benzene rings is 11. The minimum absolute atomic E-state index is 0.646. The van der Waals surface area contributed by atoms with Crippen molar-refractivity contribution >= 4 is 53.6 Å². The van der Waals surface area contributed by atoms with Crippen LogP contribution in [-0.2, 0) is 0 Å². The SMILES string of the molecule is c1ccc(-c2cc(-c3ccccc3)cc(-c3cc(-n4c5ccccc5c5cc(-n6c7ccccc7c7ccccc76)ccc54)nc(-c4ccc(S(c5ccccc5)(c5ccccc5)c5ccccc5)cc4)n3)c2)cc1. The molecule has 0 N–H and O–H groups in total. The number of nitrogens with zero attached hydrogens (tertiary/aromatic N) is 4. The maximum absolute atomic E-state index is 5.61. The molecule has 0 saturated carbocycles. The lowest BCUT2D eigenvalue weighted by Gasteiger charge is -2.42. The highest BCUT2D eigenvalue weighted by Gasteiger charge is 2.33. The van der Waals surface area contributed by atoms with Crippen LogP contribution in [0.25, 0.3) is 100 Å². The monoisotopic (exact) mass is 976 g/mol. The van der Waals surface area contributed by atoms with Gasteiger partial charge in [-0.05, 0) is 125 Å². The van der Waals surface area contributed by atoms with Gasteiger partial charge in [0.1, 0.15) is 5.82 Å². The second-order valence-electron chi connectivity index (χ2n) is 19.0. The van der Waals surface area contributed by atoms with Gasteiger partial charge in [0, 0.05) is 64.0 Å². The molecule has 0 amide bonds. The van der Waals surface area contributed by atoms with Crippen LogP contribution in [0.5, 0.6) is 0 Å². The number of rotatable bonds is 10. The number of para-hydroxylation sites is 3. The van der Waals surface area contributed by atoms with Crippen LogP contribution in [0, 0.1) is 0 Å². The summed E-state index contributed by atoms with van der Waals surface area (Å²) >= 11 is 0. The Labute approximate surface area is 437 Å². The summed E-state index contributed by atoms with van der Waals surface area (Å²) < 4.78 is 4.73. The van der Waals surface area contributed by atoms with Crippen LogP contribution >= 0.6 is 10.0 Å². The van der Waals surface area contributed by atoms with Crippen LogP contribution in [0.4, 0.5) is 0 Å². The van der Waals surface area contributed by atoms with Crippen LogP contribution < -0.4 is 0 Å². The van der Waals surface area contributed by atoms with E-state index in [1.807, 2.05) is 0 Å². The maximum Gasteiger partial charge on any atom is 0.162 e. The first kappa shape index (κ1) is 44.2. The van der Waals surface area contributed by atoms with Gasteiger partial charge in [-0.15, -0.1) is 10.0 Å². The second kappa shape index (κ2) is 18.5. The minimum atomic E-state index is -1.91. The largest absolute Gasteiger partial charge is 0.309 e. The molecule has 14 rings (SSSR count). The summed E-state index contributed by atoms with van der Waals surface area (Å²) in [4.78, 5) is 16.2. The number of aromatic nitrogens is 4. The Morgan fingerprint density at radius 3 is 1.16 bits per heavy atom. The van der Waals surface area contributed by atoms with Crippen molar-refractivity contribution in [1.82, 2.24) is 19.1 Å². The molecule has 0 atom stereocenters. The van der Waals surface area contributed by atoms with Crippen molar-refractivity contribution in [3.63, 3.8) is 0 Å². The third kappa shape index (κ3) is 7.55. The highest BCUT2D eigenvalue weighted by Crippen LogP contribution is 2.73. The molecule has 3 aromatic heterocycles. The molecule has 11 aromatic carbocycles. The zero-order valence-corrected chi connectivity index (χ0v) is 41.7. The Balaban J connectivity index is 1.000. The highest BCUT2D eigenvalue weighted by atomic mass is 32.3. The Kier molecular flexibility index (Phi) is 10.9. The van der Waals surface area contributed by atoms with Crippen LogP contribution in [0.15, 0.2) is 311 Å². The van der Waals surface area contributed by atoms with Crippen LogP contribution in [0.1, 0.15) is 0 Å². The molecule has 0 aliphatic carbocycles. The molecule has 4 nitrogen and oxygen atoms in total. The fourth-order valence-corrected chi connectivity index (χ4v) is 15.1. The number of fused-ring (bicyclic) bond motifs is 6. The molecule has 75 heavy (non-hydrogen) atoms. The van der Waals surface area contributed by atoms with Gasteiger partial charge in [0.15, 0.2) is 5.82 Å². The summed E-state index contributed by atoms with van der Waals surface area (Å²) in [6.45, 7) is 0. The summed E-state index contributed by atoms with van der Waals surface area (Å²) in [5.74, 6) is 1.44. The van der Waals surface area contributed by atoms with Gasteiger partial charge in [0.05, 0.1) is 27.8 Å². The van der Waals surface area contributed by atoms with Gasteiger partial charge in [-0.25, -0.2) is 9.97 Å². The smallest absolute Gasteiger partial charge is 0.162 e. The lowest BCUT2D eigenvalue weighted by molar-refractivity contribution is 1.05. The van der Waals surface area contributed by atoms with Crippen molar-refractivity contribution in [2.24, 2.45) is 0 Å². The van der Waals surface area contributed by atoms with E-state index in [-0.39, 0.29) is 0 Å². The zero-order valence-electron chi connectivity index (χ0n) is 40.9. The lowest BCUT2D eigenvalue weighted by atomic mass is 9.95. The van der Waals surface area contributed by atoms with Gasteiger partial charge >= 0.3 is 0 Å². The third-order valence-electron chi connectivity index (χ3n) is 14.6. The van der Waals surface area contributed by atoms with Crippen LogP contribution in [0.3, 0.4) is 0 Å². The molecule has 0 spiro atoms. The Hall–Kier alpha value is -9.55. The zero-order chi connectivity index (χ0) is 49.7. The predicted octanol–water partition coefficient (Wildman–Crippen LogP) is 18.7. The molecule has 3 heterocycles. The first-order valence-electron chi connectivity index (χ1n) is 25.5. The molecule has 0 bridgehead atoms. The average Bonchev–Trinajstić information content (AvgIpc) is 4.01. The summed E-state index contributed by atoms with van der Waals surface area (Å²) in [5, 5.41) is 4.78. The molecule has 354 valence electrons. The number of hydrogen-bond donors (Lipinski definition) is 0. The van der Waals surface area contributed by atoms with Crippen molar-refractivity contribution in [2.45, 2.75) is 19.6 Å². The van der Waals surface area contributed by atoms with Crippen molar-refractivity contribution in [2.75, 3.05) is 0 Å². The third-order valence-corrected chi connectivity index (χ3v) is 18.6. The summed E-state index contributed by atoms with van der Waals surface area (Å²) in [6.07, 6.45) is 0. The van der Waals surface area contributed by atoms with Gasteiger partial charge in [-0.3, -0.25) is 4.57 Å². The van der Waals surface area contributed by atoms with Crippen molar-refractivity contribution in [1.29, 1.82) is 0 Å². The van der Waals surface area contributed by atoms with Crippen molar-refractivity contribution in [3.05, 3.63) is 291 Å². The fraction of sp³-hybridized carbons (Fsp3) is 0. The molecule has 0 saturated heterocycles. The molecule has 0 radical (unpaired) electrons. The van der Waals surface area contributed by atoms with E-state index >= 15 is 0 Å². The van der Waals surface area contributed by atoms with Gasteiger partial charge in [-0.1, -0.05) is 182 Å². The highest BCUT2D eigenvalue weighted by molar-refractivity contribution is 8.34. The van der Waals surface area contributed by atoms with Gasteiger partial charge in [-0.2, -0.15) is 0 Å². The van der Waals surface area contributed by atoms with E-state index in [4.69, 9.17) is 9.97 Å².